The van der Waals surface area contributed by atoms with Crippen molar-refractivity contribution in [1.82, 2.24) is 0 Å². The summed E-state index contributed by atoms with van der Waals surface area (Å²) in [5, 5.41) is 0.717. The molecule has 0 heterocycles. The van der Waals surface area contributed by atoms with Gasteiger partial charge in [0.2, 0.25) is 0 Å². The van der Waals surface area contributed by atoms with Crippen LogP contribution >= 0.6 is 11.6 Å². The van der Waals surface area contributed by atoms with Gasteiger partial charge in [-0.05, 0) is 48.9 Å². The highest BCUT2D eigenvalue weighted by Gasteiger charge is 2.12. The number of rotatable bonds is 3. The van der Waals surface area contributed by atoms with Crippen LogP contribution in [0.15, 0.2) is 12.1 Å². The Hall–Kier alpha value is -0.730. The summed E-state index contributed by atoms with van der Waals surface area (Å²) in [7, 11) is 0. The van der Waals surface area contributed by atoms with Crippen molar-refractivity contribution in [3.8, 4) is 5.75 Å². The maximum absolute atomic E-state index is 6.18. The van der Waals surface area contributed by atoms with Crippen LogP contribution in [-0.2, 0) is 12.8 Å². The molecule has 2 N–H and O–H groups in total. The molecule has 0 radical (unpaired) electrons. The third-order valence-corrected chi connectivity index (χ3v) is 3.32. The van der Waals surface area contributed by atoms with Crippen molar-refractivity contribution in [2.75, 3.05) is 13.2 Å². The largest absolute Gasteiger partial charge is 0.491 e. The Morgan fingerprint density at radius 2 is 1.81 bits per heavy atom. The van der Waals surface area contributed by atoms with Crippen molar-refractivity contribution >= 4 is 11.6 Å². The zero-order valence-corrected chi connectivity index (χ0v) is 10.2. The van der Waals surface area contributed by atoms with E-state index in [1.54, 1.807) is 0 Å². The van der Waals surface area contributed by atoms with E-state index in [2.05, 4.69) is 12.1 Å². The van der Waals surface area contributed by atoms with Gasteiger partial charge in [-0.25, -0.2) is 0 Å². The van der Waals surface area contributed by atoms with Crippen LogP contribution in [0.2, 0.25) is 5.02 Å². The molecule has 1 aromatic carbocycles. The zero-order chi connectivity index (χ0) is 11.4. The molecule has 0 aromatic heterocycles. The highest BCUT2D eigenvalue weighted by Crippen LogP contribution is 2.31. The van der Waals surface area contributed by atoms with Gasteiger partial charge < -0.3 is 10.5 Å². The molecular weight excluding hydrogens is 222 g/mol. The molecule has 0 saturated heterocycles. The molecule has 16 heavy (non-hydrogen) atoms. The molecule has 0 atom stereocenters. The van der Waals surface area contributed by atoms with Gasteiger partial charge in [-0.3, -0.25) is 0 Å². The molecule has 1 aliphatic carbocycles. The van der Waals surface area contributed by atoms with Crippen molar-refractivity contribution in [2.24, 2.45) is 5.73 Å². The lowest BCUT2D eigenvalue weighted by atomic mass is 10.0. The van der Waals surface area contributed by atoms with Crippen LogP contribution in [0.5, 0.6) is 5.75 Å². The van der Waals surface area contributed by atoms with Crippen molar-refractivity contribution in [3.63, 3.8) is 0 Å². The highest BCUT2D eigenvalue weighted by atomic mass is 35.5. The van der Waals surface area contributed by atoms with Gasteiger partial charge in [0, 0.05) is 6.54 Å². The molecule has 2 rings (SSSR count). The predicted octanol–water partition coefficient (Wildman–Crippen LogP) is 2.95. The van der Waals surface area contributed by atoms with E-state index in [0.717, 1.165) is 18.6 Å². The molecule has 2 nitrogen and oxygen atoms in total. The lowest BCUT2D eigenvalue weighted by Gasteiger charge is -2.12. The first-order valence-electron chi connectivity index (χ1n) is 5.95. The van der Waals surface area contributed by atoms with Crippen LogP contribution in [0.4, 0.5) is 0 Å². The van der Waals surface area contributed by atoms with E-state index in [1.165, 1.54) is 30.4 Å². The number of benzene rings is 1. The zero-order valence-electron chi connectivity index (χ0n) is 9.47. The Balaban J connectivity index is 2.24. The first-order chi connectivity index (χ1) is 7.81. The molecule has 0 fully saturated rings. The second-order valence-electron chi connectivity index (χ2n) is 4.25. The Bertz CT molecular complexity index is 365. The summed E-state index contributed by atoms with van der Waals surface area (Å²) in [6, 6.07) is 4.16. The molecular formula is C13H18ClNO. The molecule has 0 aliphatic heterocycles. The van der Waals surface area contributed by atoms with Crippen LogP contribution in [-0.4, -0.2) is 13.2 Å². The third-order valence-electron chi connectivity index (χ3n) is 3.02. The summed E-state index contributed by atoms with van der Waals surface area (Å²) in [6.07, 6.45) is 6.14. The molecule has 0 saturated carbocycles. The lowest BCUT2D eigenvalue weighted by Crippen LogP contribution is -2.11. The quantitative estimate of drug-likeness (QED) is 0.824. The van der Waals surface area contributed by atoms with Gasteiger partial charge in [-0.2, -0.15) is 0 Å². The summed E-state index contributed by atoms with van der Waals surface area (Å²) in [5.41, 5.74) is 8.21. The first-order valence-corrected chi connectivity index (χ1v) is 6.33. The Morgan fingerprint density at radius 3 is 2.50 bits per heavy atom. The Morgan fingerprint density at radius 1 is 1.12 bits per heavy atom. The minimum absolute atomic E-state index is 0.521. The van der Waals surface area contributed by atoms with Gasteiger partial charge in [0.1, 0.15) is 12.4 Å². The van der Waals surface area contributed by atoms with Crippen molar-refractivity contribution in [3.05, 3.63) is 28.3 Å². The maximum atomic E-state index is 6.18. The summed E-state index contributed by atoms with van der Waals surface area (Å²) < 4.78 is 5.54. The molecule has 88 valence electrons. The van der Waals surface area contributed by atoms with E-state index in [9.17, 15) is 0 Å². The van der Waals surface area contributed by atoms with Crippen LogP contribution in [0, 0.1) is 0 Å². The molecule has 1 aliphatic rings. The smallest absolute Gasteiger partial charge is 0.138 e. The first kappa shape index (κ1) is 11.7. The fourth-order valence-corrected chi connectivity index (χ4v) is 2.43. The summed E-state index contributed by atoms with van der Waals surface area (Å²) >= 11 is 6.18. The monoisotopic (exact) mass is 239 g/mol. The van der Waals surface area contributed by atoms with E-state index < -0.39 is 0 Å². The number of hydrogen-bond donors (Lipinski definition) is 1. The van der Waals surface area contributed by atoms with Gasteiger partial charge in [0.05, 0.1) is 5.02 Å². The number of aryl methyl sites for hydroxylation is 2. The topological polar surface area (TPSA) is 35.2 Å². The van der Waals surface area contributed by atoms with Crippen molar-refractivity contribution in [1.29, 1.82) is 0 Å². The van der Waals surface area contributed by atoms with E-state index in [4.69, 9.17) is 22.1 Å². The summed E-state index contributed by atoms with van der Waals surface area (Å²) in [6.45, 7) is 1.05. The predicted molar refractivity (Wildman–Crippen MR) is 67.3 cm³/mol. The summed E-state index contributed by atoms with van der Waals surface area (Å²) in [4.78, 5) is 0. The number of nitrogens with two attached hydrogens (primary N) is 1. The summed E-state index contributed by atoms with van der Waals surface area (Å²) in [5.74, 6) is 0.785. The van der Waals surface area contributed by atoms with Gasteiger partial charge in [0.15, 0.2) is 0 Å². The number of hydrogen-bond acceptors (Lipinski definition) is 2. The average molecular weight is 240 g/mol. The van der Waals surface area contributed by atoms with Gasteiger partial charge >= 0.3 is 0 Å². The second-order valence-corrected chi connectivity index (χ2v) is 4.66. The second kappa shape index (κ2) is 5.55. The Labute approximate surface area is 102 Å². The highest BCUT2D eigenvalue weighted by molar-refractivity contribution is 6.32. The van der Waals surface area contributed by atoms with E-state index >= 15 is 0 Å². The molecule has 0 unspecified atom stereocenters. The van der Waals surface area contributed by atoms with Gasteiger partial charge in [-0.15, -0.1) is 0 Å². The number of fused-ring (bicyclic) bond motifs is 1. The van der Waals surface area contributed by atoms with Crippen LogP contribution < -0.4 is 10.5 Å². The van der Waals surface area contributed by atoms with E-state index in [0.29, 0.717) is 18.2 Å². The lowest BCUT2D eigenvalue weighted by molar-refractivity contribution is 0.328. The number of halogens is 1. The van der Waals surface area contributed by atoms with Crippen LogP contribution in [0.3, 0.4) is 0 Å². The standard InChI is InChI=1S/C13H18ClNO/c14-12-8-10-4-2-1-3-5-11(10)9-13(12)16-7-6-15/h8-9H,1-7,15H2. The fraction of sp³-hybridized carbons (Fsp3) is 0.538. The molecule has 1 aromatic rings. The SMILES string of the molecule is NCCOc1cc2c(cc1Cl)CCCCC2. The van der Waals surface area contributed by atoms with Crippen LogP contribution in [0.25, 0.3) is 0 Å². The molecule has 0 amide bonds. The van der Waals surface area contributed by atoms with Crippen molar-refractivity contribution < 1.29 is 4.74 Å². The van der Waals surface area contributed by atoms with E-state index in [1.807, 2.05) is 0 Å². The average Bonchev–Trinajstić information content (AvgIpc) is 2.50. The van der Waals surface area contributed by atoms with Crippen molar-refractivity contribution in [2.45, 2.75) is 32.1 Å². The Kier molecular flexibility index (Phi) is 4.08. The van der Waals surface area contributed by atoms with E-state index in [-0.39, 0.29) is 0 Å². The minimum atomic E-state index is 0.521. The van der Waals surface area contributed by atoms with Gasteiger partial charge in [-0.1, -0.05) is 18.0 Å². The molecule has 3 heteroatoms. The molecule has 0 spiro atoms. The minimum Gasteiger partial charge on any atom is -0.491 e. The normalized spacial score (nSPS) is 15.4. The number of ether oxygens (including phenoxy) is 1. The third kappa shape index (κ3) is 2.69. The maximum Gasteiger partial charge on any atom is 0.138 e. The van der Waals surface area contributed by atoms with Crippen LogP contribution in [0.1, 0.15) is 30.4 Å². The fourth-order valence-electron chi connectivity index (χ4n) is 2.19. The molecule has 0 bridgehead atoms. The van der Waals surface area contributed by atoms with Gasteiger partial charge in [0.25, 0.3) is 0 Å².